The first-order valence-corrected chi connectivity index (χ1v) is 4.15. The fourth-order valence-corrected chi connectivity index (χ4v) is 1.33. The average Bonchev–Trinajstić information content (AvgIpc) is 2.93. The Morgan fingerprint density at radius 1 is 1.38 bits per heavy atom. The minimum Gasteiger partial charge on any atom is -0.365 e. The summed E-state index contributed by atoms with van der Waals surface area (Å²) < 4.78 is 0. The fourth-order valence-electron chi connectivity index (χ4n) is 1.33. The molecule has 1 saturated carbocycles. The van der Waals surface area contributed by atoms with E-state index < -0.39 is 10.9 Å². The molecule has 2 rings (SSSR count). The van der Waals surface area contributed by atoms with Crippen molar-refractivity contribution in [1.29, 1.82) is 0 Å². The smallest absolute Gasteiger partial charge is 0.249 e. The van der Waals surface area contributed by atoms with Gasteiger partial charge in [-0.05, 0) is 19.8 Å². The summed E-state index contributed by atoms with van der Waals surface area (Å²) in [6, 6.07) is 0. The molecule has 66 valence electrons. The molecular weight excluding hydrogens is 166 g/mol. The van der Waals surface area contributed by atoms with Gasteiger partial charge >= 0.3 is 0 Å². The normalized spacial score (nSPS) is 18.2. The Balaban J connectivity index is 2.27. The second-order valence-corrected chi connectivity index (χ2v) is 3.51. The van der Waals surface area contributed by atoms with E-state index in [1.54, 1.807) is 6.92 Å². The van der Waals surface area contributed by atoms with Crippen LogP contribution in [0.3, 0.4) is 0 Å². The van der Waals surface area contributed by atoms with Gasteiger partial charge in [0.25, 0.3) is 0 Å². The maximum Gasteiger partial charge on any atom is 0.249 e. The van der Waals surface area contributed by atoms with Crippen LogP contribution in [0.5, 0.6) is 0 Å². The molecule has 3 heteroatoms. The van der Waals surface area contributed by atoms with E-state index in [9.17, 15) is 9.59 Å². The van der Waals surface area contributed by atoms with Crippen molar-refractivity contribution in [2.75, 3.05) is 5.32 Å². The van der Waals surface area contributed by atoms with Gasteiger partial charge in [-0.25, -0.2) is 0 Å². The topological polar surface area (TPSA) is 46.2 Å². The van der Waals surface area contributed by atoms with E-state index in [1.165, 1.54) is 0 Å². The zero-order valence-corrected chi connectivity index (χ0v) is 7.31. The van der Waals surface area contributed by atoms with Crippen molar-refractivity contribution in [3.63, 3.8) is 0 Å². The number of terminal acetylenes is 1. The van der Waals surface area contributed by atoms with E-state index in [2.05, 4.69) is 11.2 Å². The molecule has 0 unspecified atom stereocenters. The molecule has 0 bridgehead atoms. The molecule has 1 aliphatic carbocycles. The second-order valence-electron chi connectivity index (χ2n) is 3.51. The van der Waals surface area contributed by atoms with Crippen molar-refractivity contribution in [3.8, 4) is 12.3 Å². The van der Waals surface area contributed by atoms with Gasteiger partial charge < -0.3 is 5.32 Å². The van der Waals surface area contributed by atoms with Gasteiger partial charge in [0.15, 0.2) is 0 Å². The summed E-state index contributed by atoms with van der Waals surface area (Å²) in [6.45, 7) is 1.64. The van der Waals surface area contributed by atoms with Crippen LogP contribution in [0, 0.1) is 19.3 Å². The number of hydrogen-bond donors (Lipinski definition) is 1. The molecule has 1 aromatic rings. The van der Waals surface area contributed by atoms with Crippen LogP contribution in [0.4, 0.5) is 5.69 Å². The van der Waals surface area contributed by atoms with Crippen LogP contribution in [-0.2, 0) is 0 Å². The number of nitrogens with one attached hydrogen (secondary N) is 1. The molecule has 13 heavy (non-hydrogen) atoms. The Hall–Kier alpha value is -1.56. The lowest BCUT2D eigenvalue weighted by molar-refractivity contribution is 0.953. The highest BCUT2D eigenvalue weighted by atomic mass is 16.2. The Bertz CT molecular complexity index is 468. The molecule has 0 aliphatic heterocycles. The highest BCUT2D eigenvalue weighted by molar-refractivity contribution is 5.60. The van der Waals surface area contributed by atoms with E-state index in [0.29, 0.717) is 11.3 Å². The lowest BCUT2D eigenvalue weighted by Gasteiger charge is -2.14. The van der Waals surface area contributed by atoms with Gasteiger partial charge in [-0.1, -0.05) is 5.92 Å². The Morgan fingerprint density at radius 2 is 2.00 bits per heavy atom. The molecule has 0 heterocycles. The summed E-state index contributed by atoms with van der Waals surface area (Å²) in [5, 5.41) is 2.96. The molecule has 0 aromatic heterocycles. The van der Waals surface area contributed by atoms with Crippen molar-refractivity contribution >= 4 is 5.69 Å². The standard InChI is InChI=1S/C10H9NO2/c1-3-10(4-5-10)11-7-6(2)8(12)9(7)13/h1,11H,4-5H2,2H3. The monoisotopic (exact) mass is 175 g/mol. The van der Waals surface area contributed by atoms with Gasteiger partial charge in [0.05, 0.1) is 11.2 Å². The fraction of sp³-hybridized carbons (Fsp3) is 0.400. The largest absolute Gasteiger partial charge is 0.365 e. The van der Waals surface area contributed by atoms with E-state index in [-0.39, 0.29) is 5.54 Å². The van der Waals surface area contributed by atoms with Gasteiger partial charge in [0.1, 0.15) is 0 Å². The number of rotatable bonds is 2. The highest BCUT2D eigenvalue weighted by Gasteiger charge is 2.42. The molecule has 0 spiro atoms. The number of hydrogen-bond acceptors (Lipinski definition) is 3. The first-order chi connectivity index (χ1) is 6.09. The molecule has 1 fully saturated rings. The first kappa shape index (κ1) is 8.06. The van der Waals surface area contributed by atoms with Gasteiger partial charge in [-0.3, -0.25) is 9.59 Å². The van der Waals surface area contributed by atoms with E-state index in [4.69, 9.17) is 6.42 Å². The zero-order chi connectivity index (χ0) is 9.64. The molecule has 1 aromatic carbocycles. The minimum atomic E-state index is -0.431. The lowest BCUT2D eigenvalue weighted by Crippen LogP contribution is -2.39. The van der Waals surface area contributed by atoms with Crippen molar-refractivity contribution < 1.29 is 0 Å². The summed E-state index contributed by atoms with van der Waals surface area (Å²) in [5.74, 6) is 2.60. The lowest BCUT2D eigenvalue weighted by atomic mass is 10.1. The predicted molar refractivity (Wildman–Crippen MR) is 50.5 cm³/mol. The number of anilines is 1. The molecular formula is C10H9NO2. The van der Waals surface area contributed by atoms with Crippen LogP contribution in [0.25, 0.3) is 0 Å². The molecule has 1 N–H and O–H groups in total. The van der Waals surface area contributed by atoms with E-state index in [0.717, 1.165) is 12.8 Å². The molecule has 0 atom stereocenters. The maximum atomic E-state index is 11.1. The van der Waals surface area contributed by atoms with Gasteiger partial charge in [0.2, 0.25) is 10.9 Å². The van der Waals surface area contributed by atoms with Crippen LogP contribution < -0.4 is 16.2 Å². The van der Waals surface area contributed by atoms with E-state index >= 15 is 0 Å². The molecule has 0 radical (unpaired) electrons. The summed E-state index contributed by atoms with van der Waals surface area (Å²) in [5.41, 5.74) is -0.242. The zero-order valence-electron chi connectivity index (χ0n) is 7.31. The third-order valence-electron chi connectivity index (χ3n) is 2.54. The third kappa shape index (κ3) is 0.988. The molecule has 3 nitrogen and oxygen atoms in total. The summed E-state index contributed by atoms with van der Waals surface area (Å²) >= 11 is 0. The van der Waals surface area contributed by atoms with Crippen LogP contribution in [0.15, 0.2) is 9.59 Å². The van der Waals surface area contributed by atoms with Crippen molar-refractivity contribution in [2.24, 2.45) is 0 Å². The maximum absolute atomic E-state index is 11.1. The summed E-state index contributed by atoms with van der Waals surface area (Å²) in [6.07, 6.45) is 7.04. The first-order valence-electron chi connectivity index (χ1n) is 4.15. The van der Waals surface area contributed by atoms with Crippen LogP contribution in [0.2, 0.25) is 0 Å². The van der Waals surface area contributed by atoms with Gasteiger partial charge in [-0.2, -0.15) is 0 Å². The minimum absolute atomic E-state index is 0.340. The quantitative estimate of drug-likeness (QED) is 0.514. The van der Waals surface area contributed by atoms with Crippen molar-refractivity contribution in [3.05, 3.63) is 26.0 Å². The predicted octanol–water partition coefficient (Wildman–Crippen LogP) is 0.169. The van der Waals surface area contributed by atoms with Gasteiger partial charge in [0, 0.05) is 5.56 Å². The second kappa shape index (κ2) is 2.23. The Morgan fingerprint density at radius 3 is 2.38 bits per heavy atom. The molecule has 0 saturated heterocycles. The SMILES string of the molecule is C#CC1(Nc2c(C)c(=O)c2=O)CC1. The van der Waals surface area contributed by atoms with Crippen molar-refractivity contribution in [2.45, 2.75) is 25.3 Å². The Labute approximate surface area is 75.5 Å². The summed E-state index contributed by atoms with van der Waals surface area (Å²) in [4.78, 5) is 21.9. The molecule has 1 aliphatic rings. The van der Waals surface area contributed by atoms with E-state index in [1.807, 2.05) is 0 Å². The average molecular weight is 175 g/mol. The van der Waals surface area contributed by atoms with Crippen LogP contribution in [0.1, 0.15) is 18.4 Å². The van der Waals surface area contributed by atoms with Crippen molar-refractivity contribution in [1.82, 2.24) is 0 Å². The third-order valence-corrected chi connectivity index (χ3v) is 2.54. The van der Waals surface area contributed by atoms with Crippen LogP contribution in [-0.4, -0.2) is 5.54 Å². The molecule has 0 amide bonds. The highest BCUT2D eigenvalue weighted by Crippen LogP contribution is 2.37. The summed E-state index contributed by atoms with van der Waals surface area (Å²) in [7, 11) is 0. The van der Waals surface area contributed by atoms with Crippen LogP contribution >= 0.6 is 0 Å². The Kier molecular flexibility index (Phi) is 1.38. The van der Waals surface area contributed by atoms with Gasteiger partial charge in [-0.15, -0.1) is 6.42 Å².